The van der Waals surface area contributed by atoms with Gasteiger partial charge in [-0.25, -0.2) is 0 Å². The Kier molecular flexibility index (Phi) is 40.1. The maximum atomic E-state index is 12.8. The topological polar surface area (TPSA) is 102 Å². The number of allylic oxidation sites excluding steroid dienone is 8. The fourth-order valence-electron chi connectivity index (χ4n) is 7.08. The highest BCUT2D eigenvalue weighted by Gasteiger charge is 2.25. The second kappa shape index (κ2) is 42.0. The SMILES string of the molecule is CC/C=C/C=C/C=C/C=C/CCCCCCCC(=O)OCC(COCCC(C(=O)[O-])[N+](C)(C)C)OC(=O)CCCCCCCCCCCCCCCCCCCCCC. The predicted molar refractivity (Wildman–Crippen MR) is 245 cm³/mol. The van der Waals surface area contributed by atoms with Crippen LogP contribution in [0.4, 0.5) is 0 Å². The first-order valence-electron chi connectivity index (χ1n) is 24.2. The molecule has 0 radical (unpaired) electrons. The molecule has 0 heterocycles. The number of quaternary nitrogens is 1. The monoisotopic (exact) mass is 830 g/mol. The molecular weight excluding hydrogens is 739 g/mol. The van der Waals surface area contributed by atoms with Gasteiger partial charge in [-0.2, -0.15) is 0 Å². The van der Waals surface area contributed by atoms with E-state index >= 15 is 0 Å². The number of rotatable bonds is 43. The quantitative estimate of drug-likeness (QED) is 0.0261. The summed E-state index contributed by atoms with van der Waals surface area (Å²) in [4.78, 5) is 36.9. The standard InChI is InChI=1S/C51H91NO7/c1-6-8-10-12-14-16-18-20-22-23-24-25-26-28-30-32-34-36-38-40-42-50(54)59-47(45-57-44-43-48(51(55)56)52(3,4)5)46-58-49(53)41-39-37-35-33-31-29-27-21-19-17-15-13-11-9-7-2/h9,11,13,15,17,19,21,27,47-48H,6-8,10,12,14,16,18,20,22-26,28-46H2,1-5H3/b11-9+,15-13+,19-17+,27-21+. The molecule has 2 unspecified atom stereocenters. The molecule has 2 atom stereocenters. The largest absolute Gasteiger partial charge is 0.544 e. The van der Waals surface area contributed by atoms with Gasteiger partial charge in [-0.15, -0.1) is 0 Å². The smallest absolute Gasteiger partial charge is 0.306 e. The van der Waals surface area contributed by atoms with Gasteiger partial charge in [-0.05, 0) is 32.1 Å². The molecule has 0 saturated carbocycles. The number of carboxylic acids is 1. The molecule has 0 aliphatic rings. The number of esters is 2. The Morgan fingerprint density at radius 3 is 1.41 bits per heavy atom. The summed E-state index contributed by atoms with van der Waals surface area (Å²) in [6.07, 6.45) is 50.0. The van der Waals surface area contributed by atoms with E-state index in [1.165, 1.54) is 109 Å². The molecule has 0 aromatic rings. The Morgan fingerprint density at radius 2 is 0.949 bits per heavy atom. The average molecular weight is 830 g/mol. The molecule has 59 heavy (non-hydrogen) atoms. The van der Waals surface area contributed by atoms with Gasteiger partial charge in [0.05, 0.1) is 40.3 Å². The fraction of sp³-hybridized carbons (Fsp3) is 0.784. The highest BCUT2D eigenvalue weighted by molar-refractivity contribution is 5.70. The number of carbonyl (C=O) groups excluding carboxylic acids is 3. The third-order valence-electron chi connectivity index (χ3n) is 10.8. The molecule has 0 N–H and O–H groups in total. The zero-order valence-corrected chi connectivity index (χ0v) is 38.9. The van der Waals surface area contributed by atoms with Crippen LogP contribution in [0.3, 0.4) is 0 Å². The first kappa shape index (κ1) is 56.3. The highest BCUT2D eigenvalue weighted by atomic mass is 16.6. The summed E-state index contributed by atoms with van der Waals surface area (Å²) in [6, 6.07) is -0.729. The van der Waals surface area contributed by atoms with E-state index < -0.39 is 18.1 Å². The van der Waals surface area contributed by atoms with E-state index in [1.54, 1.807) is 21.1 Å². The molecule has 0 spiro atoms. The summed E-state index contributed by atoms with van der Waals surface area (Å²) in [7, 11) is 5.40. The Labute approximate surface area is 363 Å². The molecule has 0 saturated heterocycles. The predicted octanol–water partition coefficient (Wildman–Crippen LogP) is 12.3. The number of carboxylic acid groups (broad SMARTS) is 1. The summed E-state index contributed by atoms with van der Waals surface area (Å²) in [5.41, 5.74) is 0. The van der Waals surface area contributed by atoms with Crippen LogP contribution >= 0.6 is 0 Å². The summed E-state index contributed by atoms with van der Waals surface area (Å²) in [5.74, 6) is -1.76. The lowest BCUT2D eigenvalue weighted by atomic mass is 10.0. The second-order valence-electron chi connectivity index (χ2n) is 17.4. The number of likely N-dealkylation sites (N-methyl/N-ethyl adjacent to an activating group) is 1. The number of aliphatic carboxylic acids is 1. The number of unbranched alkanes of at least 4 members (excludes halogenated alkanes) is 24. The van der Waals surface area contributed by atoms with E-state index in [4.69, 9.17) is 14.2 Å². The van der Waals surface area contributed by atoms with Crippen molar-refractivity contribution in [2.45, 2.75) is 219 Å². The van der Waals surface area contributed by atoms with Crippen molar-refractivity contribution in [2.24, 2.45) is 0 Å². The second-order valence-corrected chi connectivity index (χ2v) is 17.4. The van der Waals surface area contributed by atoms with Crippen LogP contribution in [0.15, 0.2) is 48.6 Å². The van der Waals surface area contributed by atoms with E-state index in [2.05, 4.69) is 38.2 Å². The molecule has 0 aromatic heterocycles. The first-order valence-corrected chi connectivity index (χ1v) is 24.2. The van der Waals surface area contributed by atoms with Gasteiger partial charge >= 0.3 is 11.9 Å². The van der Waals surface area contributed by atoms with Crippen LogP contribution in [0.2, 0.25) is 0 Å². The van der Waals surface area contributed by atoms with Gasteiger partial charge in [0.25, 0.3) is 0 Å². The zero-order chi connectivity index (χ0) is 43.5. The van der Waals surface area contributed by atoms with Crippen LogP contribution in [0.25, 0.3) is 0 Å². The van der Waals surface area contributed by atoms with Crippen LogP contribution in [0.1, 0.15) is 206 Å². The minimum atomic E-state index is -1.13. The number of carbonyl (C=O) groups is 3. The number of ether oxygens (including phenoxy) is 3. The van der Waals surface area contributed by atoms with Crippen LogP contribution in [0, 0.1) is 0 Å². The maximum Gasteiger partial charge on any atom is 0.306 e. The van der Waals surface area contributed by atoms with Gasteiger partial charge < -0.3 is 28.6 Å². The van der Waals surface area contributed by atoms with Crippen molar-refractivity contribution in [3.8, 4) is 0 Å². The van der Waals surface area contributed by atoms with E-state index in [9.17, 15) is 19.5 Å². The molecular formula is C51H91NO7. The maximum absolute atomic E-state index is 12.8. The Morgan fingerprint density at radius 1 is 0.525 bits per heavy atom. The third-order valence-corrected chi connectivity index (χ3v) is 10.8. The van der Waals surface area contributed by atoms with Crippen LogP contribution in [0.5, 0.6) is 0 Å². The van der Waals surface area contributed by atoms with E-state index in [0.717, 1.165) is 64.2 Å². The van der Waals surface area contributed by atoms with Crippen molar-refractivity contribution in [1.29, 1.82) is 0 Å². The van der Waals surface area contributed by atoms with Gasteiger partial charge in [0.1, 0.15) is 12.6 Å². The summed E-state index contributed by atoms with van der Waals surface area (Å²) < 4.78 is 17.2. The molecule has 0 amide bonds. The molecule has 0 aromatic carbocycles. The van der Waals surface area contributed by atoms with Crippen molar-refractivity contribution in [3.63, 3.8) is 0 Å². The molecule has 0 bridgehead atoms. The van der Waals surface area contributed by atoms with Gasteiger partial charge in [0.15, 0.2) is 6.10 Å². The fourth-order valence-corrected chi connectivity index (χ4v) is 7.08. The van der Waals surface area contributed by atoms with Gasteiger partial charge in [-0.3, -0.25) is 9.59 Å². The van der Waals surface area contributed by atoms with Crippen LogP contribution in [-0.2, 0) is 28.6 Å². The molecule has 8 heteroatoms. The van der Waals surface area contributed by atoms with Crippen molar-refractivity contribution in [3.05, 3.63) is 48.6 Å². The van der Waals surface area contributed by atoms with Gasteiger partial charge in [-0.1, -0.05) is 204 Å². The molecule has 8 nitrogen and oxygen atoms in total. The third kappa shape index (κ3) is 40.5. The van der Waals surface area contributed by atoms with Crippen LogP contribution in [-0.4, -0.2) is 75.5 Å². The van der Waals surface area contributed by atoms with Crippen LogP contribution < -0.4 is 5.11 Å². The Balaban J connectivity index is 4.28. The van der Waals surface area contributed by atoms with Crippen molar-refractivity contribution in [1.82, 2.24) is 0 Å². The lowest BCUT2D eigenvalue weighted by molar-refractivity contribution is -0.889. The lowest BCUT2D eigenvalue weighted by Gasteiger charge is -2.34. The van der Waals surface area contributed by atoms with Gasteiger partial charge in [0.2, 0.25) is 0 Å². The van der Waals surface area contributed by atoms with Crippen molar-refractivity contribution < 1.29 is 38.2 Å². The van der Waals surface area contributed by atoms with Crippen molar-refractivity contribution in [2.75, 3.05) is 41.0 Å². The zero-order valence-electron chi connectivity index (χ0n) is 38.9. The molecule has 0 aliphatic carbocycles. The van der Waals surface area contributed by atoms with Crippen molar-refractivity contribution >= 4 is 17.9 Å². The Bertz CT molecular complexity index is 1110. The summed E-state index contributed by atoms with van der Waals surface area (Å²) in [5, 5.41) is 11.6. The molecule has 0 rings (SSSR count). The lowest BCUT2D eigenvalue weighted by Crippen LogP contribution is -2.55. The Hall–Kier alpha value is -2.71. The number of nitrogens with zero attached hydrogens (tertiary/aromatic N) is 1. The van der Waals surface area contributed by atoms with E-state index in [1.807, 2.05) is 24.3 Å². The average Bonchev–Trinajstić information content (AvgIpc) is 3.19. The minimum absolute atomic E-state index is 0.0342. The van der Waals surface area contributed by atoms with E-state index in [0.29, 0.717) is 12.8 Å². The summed E-state index contributed by atoms with van der Waals surface area (Å²) >= 11 is 0. The number of hydrogen-bond donors (Lipinski definition) is 0. The van der Waals surface area contributed by atoms with E-state index in [-0.39, 0.29) is 42.7 Å². The molecule has 0 aliphatic heterocycles. The molecule has 342 valence electrons. The number of hydrogen-bond acceptors (Lipinski definition) is 7. The minimum Gasteiger partial charge on any atom is -0.544 e. The highest BCUT2D eigenvalue weighted by Crippen LogP contribution is 2.16. The first-order chi connectivity index (χ1) is 28.6. The van der Waals surface area contributed by atoms with Gasteiger partial charge in [0, 0.05) is 19.3 Å². The molecule has 0 fully saturated rings. The normalized spacial score (nSPS) is 13.3. The summed E-state index contributed by atoms with van der Waals surface area (Å²) in [6.45, 7) is 4.52.